The summed E-state index contributed by atoms with van der Waals surface area (Å²) >= 11 is 3.38. The Morgan fingerprint density at radius 2 is 1.70 bits per heavy atom. The summed E-state index contributed by atoms with van der Waals surface area (Å²) in [4.78, 5) is 37.0. The number of hydrogen-bond acceptors (Lipinski definition) is 6. The van der Waals surface area contributed by atoms with Gasteiger partial charge in [0.25, 0.3) is 11.1 Å². The Labute approximate surface area is 164 Å². The lowest BCUT2D eigenvalue weighted by Gasteiger charge is -2.07. The molecule has 0 spiro atoms. The molecule has 0 bridgehead atoms. The molecule has 0 saturated carbocycles. The van der Waals surface area contributed by atoms with E-state index in [1.165, 1.54) is 4.21 Å². The van der Waals surface area contributed by atoms with Crippen LogP contribution in [0.15, 0.2) is 50.5 Å². The van der Waals surface area contributed by atoms with Crippen molar-refractivity contribution in [1.29, 1.82) is 0 Å². The fraction of sp³-hybridized carbons (Fsp3) is 0.211. The van der Waals surface area contributed by atoms with Crippen molar-refractivity contribution in [3.05, 3.63) is 78.5 Å². The van der Waals surface area contributed by atoms with Crippen molar-refractivity contribution in [2.75, 3.05) is 26.4 Å². The summed E-state index contributed by atoms with van der Waals surface area (Å²) in [6, 6.07) is 7.52. The van der Waals surface area contributed by atoms with Crippen LogP contribution in [0.5, 0.6) is 0 Å². The molecule has 0 fully saturated rings. The highest BCUT2D eigenvalue weighted by Gasteiger charge is 2.01. The van der Waals surface area contributed by atoms with Gasteiger partial charge >= 0.3 is 0 Å². The number of hydrogen-bond donors (Lipinski definition) is 2. The van der Waals surface area contributed by atoms with E-state index in [0.29, 0.717) is 0 Å². The maximum atomic E-state index is 12.3. The molecule has 0 unspecified atom stereocenters. The number of nitrogens with zero attached hydrogens (tertiary/aromatic N) is 2. The second-order valence-electron chi connectivity index (χ2n) is 6.11. The molecule has 0 aliphatic heterocycles. The standard InChI is InChI=1S/C19H20N4O2S2/c1-23(2)9-10-26-17-4-3-14(27-17)12-16-19(25)21-15(18(24)22-16)11-13-5-7-20-8-6-13/h3-8,11-12H,9-10H2,1-2H3,(H,21,25)(H,22,24)/b15-11-,16-12-. The molecule has 3 rings (SSSR count). The average molecular weight is 401 g/mol. The van der Waals surface area contributed by atoms with Crippen LogP contribution in [-0.4, -0.2) is 46.2 Å². The first kappa shape index (κ1) is 19.3. The lowest BCUT2D eigenvalue weighted by atomic mass is 10.2. The maximum Gasteiger partial charge on any atom is 0.272 e. The van der Waals surface area contributed by atoms with Gasteiger partial charge in [0.1, 0.15) is 10.7 Å². The van der Waals surface area contributed by atoms with E-state index in [2.05, 4.69) is 19.9 Å². The van der Waals surface area contributed by atoms with Crippen LogP contribution in [0, 0.1) is 0 Å². The number of rotatable bonds is 6. The van der Waals surface area contributed by atoms with Gasteiger partial charge in [-0.1, -0.05) is 0 Å². The van der Waals surface area contributed by atoms with Crippen molar-refractivity contribution in [3.8, 4) is 0 Å². The summed E-state index contributed by atoms with van der Waals surface area (Å²) in [6.45, 7) is 1.00. The molecular weight excluding hydrogens is 380 g/mol. The van der Waals surface area contributed by atoms with Gasteiger partial charge in [-0.2, -0.15) is 0 Å². The zero-order valence-corrected chi connectivity index (χ0v) is 16.7. The summed E-state index contributed by atoms with van der Waals surface area (Å²) in [5.74, 6) is 1.00. The molecule has 6 nitrogen and oxygen atoms in total. The largest absolute Gasteiger partial charge is 0.316 e. The van der Waals surface area contributed by atoms with E-state index in [1.807, 2.05) is 26.2 Å². The zero-order valence-electron chi connectivity index (χ0n) is 15.1. The first-order valence-electron chi connectivity index (χ1n) is 8.35. The minimum absolute atomic E-state index is 0.217. The second kappa shape index (κ2) is 8.98. The molecule has 27 heavy (non-hydrogen) atoms. The highest BCUT2D eigenvalue weighted by molar-refractivity contribution is 8.01. The Bertz CT molecular complexity index is 1130. The monoisotopic (exact) mass is 400 g/mol. The fourth-order valence-electron chi connectivity index (χ4n) is 2.28. The second-order valence-corrected chi connectivity index (χ2v) is 8.62. The average Bonchev–Trinajstić information content (AvgIpc) is 3.07. The number of thiophene rings is 1. The molecule has 0 aromatic carbocycles. The number of H-pyrrole nitrogens is 2. The van der Waals surface area contributed by atoms with E-state index in [-0.39, 0.29) is 21.8 Å². The quantitative estimate of drug-likeness (QED) is 0.599. The van der Waals surface area contributed by atoms with E-state index in [9.17, 15) is 9.59 Å². The fourth-order valence-corrected chi connectivity index (χ4v) is 4.56. The molecule has 3 aromatic rings. The molecule has 0 saturated heterocycles. The molecule has 140 valence electrons. The Balaban J connectivity index is 1.87. The molecule has 3 heterocycles. The van der Waals surface area contributed by atoms with Gasteiger partial charge in [0.15, 0.2) is 0 Å². The summed E-state index contributed by atoms with van der Waals surface area (Å²) in [6.07, 6.45) is 6.59. The normalized spacial score (nSPS) is 12.9. The van der Waals surface area contributed by atoms with Crippen molar-refractivity contribution in [1.82, 2.24) is 19.9 Å². The van der Waals surface area contributed by atoms with Crippen LogP contribution in [0.25, 0.3) is 12.2 Å². The summed E-state index contributed by atoms with van der Waals surface area (Å²) in [7, 11) is 4.10. The van der Waals surface area contributed by atoms with Gasteiger partial charge in [-0.3, -0.25) is 14.6 Å². The molecule has 2 N–H and O–H groups in total. The minimum Gasteiger partial charge on any atom is -0.316 e. The summed E-state index contributed by atoms with van der Waals surface area (Å²) < 4.78 is 1.18. The van der Waals surface area contributed by atoms with Crippen molar-refractivity contribution in [2.45, 2.75) is 4.21 Å². The maximum absolute atomic E-state index is 12.3. The first-order chi connectivity index (χ1) is 13.0. The SMILES string of the molecule is CN(C)CCSc1ccc(/C=c2\[nH]c(=O)/c(=C/c3ccncc3)[nH]c2=O)s1. The first-order valence-corrected chi connectivity index (χ1v) is 10.1. The van der Waals surface area contributed by atoms with Crippen molar-refractivity contribution >= 4 is 35.3 Å². The number of pyridine rings is 1. The van der Waals surface area contributed by atoms with Crippen LogP contribution < -0.4 is 21.8 Å². The molecule has 0 aliphatic carbocycles. The van der Waals surface area contributed by atoms with Crippen LogP contribution >= 0.6 is 23.1 Å². The predicted molar refractivity (Wildman–Crippen MR) is 112 cm³/mol. The minimum atomic E-state index is -0.338. The van der Waals surface area contributed by atoms with Crippen molar-refractivity contribution < 1.29 is 0 Å². The van der Waals surface area contributed by atoms with Gasteiger partial charge in [-0.25, -0.2) is 0 Å². The third-order valence-electron chi connectivity index (χ3n) is 3.67. The highest BCUT2D eigenvalue weighted by Crippen LogP contribution is 2.27. The number of aromatic nitrogens is 3. The van der Waals surface area contributed by atoms with E-state index in [4.69, 9.17) is 0 Å². The summed E-state index contributed by atoms with van der Waals surface area (Å²) in [5.41, 5.74) is 0.125. The van der Waals surface area contributed by atoms with Gasteiger partial charge < -0.3 is 14.9 Å². The van der Waals surface area contributed by atoms with Gasteiger partial charge in [0, 0.05) is 29.6 Å². The van der Waals surface area contributed by atoms with Crippen molar-refractivity contribution in [2.24, 2.45) is 0 Å². The summed E-state index contributed by atoms with van der Waals surface area (Å²) in [5, 5.41) is 0.466. The number of thioether (sulfide) groups is 1. The van der Waals surface area contributed by atoms with E-state index >= 15 is 0 Å². The molecule has 8 heteroatoms. The Kier molecular flexibility index (Phi) is 6.44. The smallest absolute Gasteiger partial charge is 0.272 e. The Hall–Kier alpha value is -2.42. The molecule has 3 aromatic heterocycles. The lowest BCUT2D eigenvalue weighted by molar-refractivity contribution is 0.437. The van der Waals surface area contributed by atoms with E-state index in [0.717, 1.165) is 22.7 Å². The van der Waals surface area contributed by atoms with Gasteiger partial charge in [0.2, 0.25) is 0 Å². The van der Waals surface area contributed by atoms with Crippen LogP contribution in [0.3, 0.4) is 0 Å². The number of nitrogens with one attached hydrogen (secondary N) is 2. The van der Waals surface area contributed by atoms with Gasteiger partial charge in [-0.05, 0) is 56.1 Å². The molecule has 0 radical (unpaired) electrons. The molecule has 0 aliphatic rings. The highest BCUT2D eigenvalue weighted by atomic mass is 32.2. The third kappa shape index (κ3) is 5.53. The van der Waals surface area contributed by atoms with Gasteiger partial charge in [0.05, 0.1) is 4.21 Å². The third-order valence-corrected chi connectivity index (χ3v) is 5.91. The van der Waals surface area contributed by atoms with Crippen LogP contribution in [0.2, 0.25) is 0 Å². The van der Waals surface area contributed by atoms with Crippen LogP contribution in [0.1, 0.15) is 10.4 Å². The van der Waals surface area contributed by atoms with Crippen LogP contribution in [0.4, 0.5) is 0 Å². The number of aromatic amines is 2. The Morgan fingerprint density at radius 3 is 2.37 bits per heavy atom. The topological polar surface area (TPSA) is 81.8 Å². The molecule has 0 atom stereocenters. The zero-order chi connectivity index (χ0) is 19.2. The lowest BCUT2D eigenvalue weighted by Crippen LogP contribution is -2.46. The molecule has 0 amide bonds. The predicted octanol–water partition coefficient (Wildman–Crippen LogP) is 0.831. The van der Waals surface area contributed by atoms with Crippen LogP contribution in [-0.2, 0) is 0 Å². The van der Waals surface area contributed by atoms with E-state index in [1.54, 1.807) is 59.8 Å². The van der Waals surface area contributed by atoms with Crippen molar-refractivity contribution in [3.63, 3.8) is 0 Å². The Morgan fingerprint density at radius 1 is 1.04 bits per heavy atom. The van der Waals surface area contributed by atoms with Gasteiger partial charge in [-0.15, -0.1) is 23.1 Å². The van der Waals surface area contributed by atoms with E-state index < -0.39 is 0 Å². The molecular formula is C19H20N4O2S2.